The molecule has 0 radical (unpaired) electrons. The van der Waals surface area contributed by atoms with Crippen LogP contribution in [0.15, 0.2) is 4.99 Å². The van der Waals surface area contributed by atoms with Gasteiger partial charge in [0, 0.05) is 13.1 Å². The van der Waals surface area contributed by atoms with Gasteiger partial charge in [0.15, 0.2) is 5.96 Å². The van der Waals surface area contributed by atoms with Crippen molar-refractivity contribution in [1.29, 1.82) is 0 Å². The van der Waals surface area contributed by atoms with Crippen molar-refractivity contribution in [3.8, 4) is 0 Å². The maximum atomic E-state index is 10.3. The van der Waals surface area contributed by atoms with Crippen LogP contribution in [0.3, 0.4) is 0 Å². The fraction of sp³-hybridized carbons (Fsp3) is 0.929. The van der Waals surface area contributed by atoms with E-state index in [9.17, 15) is 5.11 Å². The Morgan fingerprint density at radius 3 is 2.50 bits per heavy atom. The van der Waals surface area contributed by atoms with E-state index in [0.29, 0.717) is 12.5 Å². The highest BCUT2D eigenvalue weighted by molar-refractivity contribution is 5.79. The van der Waals surface area contributed by atoms with Crippen LogP contribution in [-0.4, -0.2) is 36.3 Å². The van der Waals surface area contributed by atoms with E-state index in [0.717, 1.165) is 51.2 Å². The molecule has 0 saturated heterocycles. The second-order valence-corrected chi connectivity index (χ2v) is 5.74. The molecule has 0 heterocycles. The topological polar surface area (TPSA) is 56.7 Å². The molecule has 0 aromatic rings. The molecule has 0 unspecified atom stereocenters. The molecule has 1 aliphatic rings. The second-order valence-electron chi connectivity index (χ2n) is 5.74. The summed E-state index contributed by atoms with van der Waals surface area (Å²) in [6.07, 6.45) is 5.17. The van der Waals surface area contributed by atoms with Crippen molar-refractivity contribution in [2.24, 2.45) is 10.9 Å². The Labute approximate surface area is 111 Å². The maximum Gasteiger partial charge on any atom is 0.191 e. The fourth-order valence-corrected chi connectivity index (χ4v) is 2.24. The highest BCUT2D eigenvalue weighted by Gasteiger charge is 2.30. The van der Waals surface area contributed by atoms with Crippen LogP contribution >= 0.6 is 0 Å². The summed E-state index contributed by atoms with van der Waals surface area (Å²) in [4.78, 5) is 4.51. The number of hydrogen-bond acceptors (Lipinski definition) is 2. The molecule has 0 bridgehead atoms. The zero-order valence-corrected chi connectivity index (χ0v) is 12.1. The van der Waals surface area contributed by atoms with Gasteiger partial charge in [-0.25, -0.2) is 0 Å². The summed E-state index contributed by atoms with van der Waals surface area (Å²) in [6, 6.07) is 0. The third-order valence-corrected chi connectivity index (χ3v) is 3.42. The zero-order chi connectivity index (χ0) is 13.4. The largest absolute Gasteiger partial charge is 0.388 e. The van der Waals surface area contributed by atoms with Crippen LogP contribution in [-0.2, 0) is 0 Å². The maximum absolute atomic E-state index is 10.3. The normalized spacial score (nSPS) is 19.3. The molecule has 106 valence electrons. The molecule has 4 heteroatoms. The van der Waals surface area contributed by atoms with E-state index in [2.05, 4.69) is 36.4 Å². The summed E-state index contributed by atoms with van der Waals surface area (Å²) in [6.45, 7) is 8.79. The van der Waals surface area contributed by atoms with Crippen LogP contribution < -0.4 is 10.6 Å². The first kappa shape index (κ1) is 15.3. The van der Waals surface area contributed by atoms with Gasteiger partial charge in [-0.05, 0) is 32.1 Å². The van der Waals surface area contributed by atoms with Gasteiger partial charge in [0.05, 0.1) is 12.1 Å². The average molecular weight is 255 g/mol. The zero-order valence-electron chi connectivity index (χ0n) is 12.1. The Morgan fingerprint density at radius 2 is 1.94 bits per heavy atom. The van der Waals surface area contributed by atoms with Crippen molar-refractivity contribution < 1.29 is 5.11 Å². The number of nitrogens with one attached hydrogen (secondary N) is 2. The second kappa shape index (κ2) is 7.62. The predicted octanol–water partition coefficient (Wildman–Crippen LogP) is 1.89. The van der Waals surface area contributed by atoms with Crippen LogP contribution in [0.25, 0.3) is 0 Å². The molecular weight excluding hydrogens is 226 g/mol. The highest BCUT2D eigenvalue weighted by atomic mass is 16.3. The average Bonchev–Trinajstić information content (AvgIpc) is 2.73. The smallest absolute Gasteiger partial charge is 0.191 e. The molecule has 1 aliphatic carbocycles. The van der Waals surface area contributed by atoms with E-state index in [1.165, 1.54) is 0 Å². The Kier molecular flexibility index (Phi) is 6.47. The fourth-order valence-electron chi connectivity index (χ4n) is 2.24. The van der Waals surface area contributed by atoms with Gasteiger partial charge in [-0.15, -0.1) is 0 Å². The lowest BCUT2D eigenvalue weighted by atomic mass is 10.0. The van der Waals surface area contributed by atoms with Crippen LogP contribution in [0, 0.1) is 5.92 Å². The number of aliphatic imine (C=N–C) groups is 1. The van der Waals surface area contributed by atoms with E-state index in [1.54, 1.807) is 0 Å². The van der Waals surface area contributed by atoms with Gasteiger partial charge in [-0.3, -0.25) is 4.99 Å². The Hall–Kier alpha value is -0.770. The summed E-state index contributed by atoms with van der Waals surface area (Å²) in [5.41, 5.74) is -0.555. The Bertz CT molecular complexity index is 258. The first-order valence-electron chi connectivity index (χ1n) is 7.30. The van der Waals surface area contributed by atoms with Crippen molar-refractivity contribution in [3.63, 3.8) is 0 Å². The summed E-state index contributed by atoms with van der Waals surface area (Å²) in [7, 11) is 0. The minimum absolute atomic E-state index is 0.518. The van der Waals surface area contributed by atoms with Crippen molar-refractivity contribution in [2.45, 2.75) is 58.5 Å². The Morgan fingerprint density at radius 1 is 1.28 bits per heavy atom. The molecule has 1 fully saturated rings. The number of guanidine groups is 1. The minimum Gasteiger partial charge on any atom is -0.388 e. The number of hydrogen-bond donors (Lipinski definition) is 3. The van der Waals surface area contributed by atoms with E-state index in [4.69, 9.17) is 0 Å². The molecule has 0 amide bonds. The van der Waals surface area contributed by atoms with Gasteiger partial charge in [-0.2, -0.15) is 0 Å². The van der Waals surface area contributed by atoms with Crippen LogP contribution in [0.1, 0.15) is 52.9 Å². The van der Waals surface area contributed by atoms with Crippen LogP contribution in [0.5, 0.6) is 0 Å². The number of rotatable bonds is 6. The standard InChI is InChI=1S/C14H29N3O/c1-4-15-13(16-10-7-12(2)3)17-11-14(18)8-5-6-9-14/h12,18H,4-11H2,1-3H3,(H2,15,16,17). The van der Waals surface area contributed by atoms with Gasteiger partial charge < -0.3 is 15.7 Å². The lowest BCUT2D eigenvalue weighted by Gasteiger charge is -2.20. The molecule has 18 heavy (non-hydrogen) atoms. The molecule has 0 aromatic heterocycles. The molecule has 4 nitrogen and oxygen atoms in total. The van der Waals surface area contributed by atoms with E-state index < -0.39 is 5.60 Å². The molecule has 1 saturated carbocycles. The van der Waals surface area contributed by atoms with Gasteiger partial charge in [0.2, 0.25) is 0 Å². The monoisotopic (exact) mass is 255 g/mol. The minimum atomic E-state index is -0.555. The van der Waals surface area contributed by atoms with Gasteiger partial charge in [-0.1, -0.05) is 26.7 Å². The molecule has 0 atom stereocenters. The van der Waals surface area contributed by atoms with Crippen molar-refractivity contribution >= 4 is 5.96 Å². The summed E-state index contributed by atoms with van der Waals surface area (Å²) in [5, 5.41) is 16.8. The first-order valence-corrected chi connectivity index (χ1v) is 7.30. The third kappa shape index (κ3) is 5.71. The summed E-state index contributed by atoms with van der Waals surface area (Å²) >= 11 is 0. The molecular formula is C14H29N3O. The molecule has 0 aliphatic heterocycles. The SMILES string of the molecule is CCNC(=NCC1(O)CCCC1)NCCC(C)C. The first-order chi connectivity index (χ1) is 8.56. The van der Waals surface area contributed by atoms with E-state index in [1.807, 2.05) is 0 Å². The molecule has 0 spiro atoms. The number of aliphatic hydroxyl groups is 1. The van der Waals surface area contributed by atoms with Crippen LogP contribution in [0.4, 0.5) is 0 Å². The van der Waals surface area contributed by atoms with E-state index >= 15 is 0 Å². The predicted molar refractivity (Wildman–Crippen MR) is 76.9 cm³/mol. The van der Waals surface area contributed by atoms with Gasteiger partial charge in [0.1, 0.15) is 0 Å². The lowest BCUT2D eigenvalue weighted by molar-refractivity contribution is 0.0574. The van der Waals surface area contributed by atoms with Crippen molar-refractivity contribution in [3.05, 3.63) is 0 Å². The number of nitrogens with zero attached hydrogens (tertiary/aromatic N) is 1. The van der Waals surface area contributed by atoms with Crippen molar-refractivity contribution in [1.82, 2.24) is 10.6 Å². The van der Waals surface area contributed by atoms with Gasteiger partial charge in [0.25, 0.3) is 0 Å². The van der Waals surface area contributed by atoms with Crippen molar-refractivity contribution in [2.75, 3.05) is 19.6 Å². The molecule has 0 aromatic carbocycles. The lowest BCUT2D eigenvalue weighted by Crippen LogP contribution is -2.40. The quantitative estimate of drug-likeness (QED) is 0.502. The van der Waals surface area contributed by atoms with Gasteiger partial charge >= 0.3 is 0 Å². The Balaban J connectivity index is 2.39. The summed E-state index contributed by atoms with van der Waals surface area (Å²) < 4.78 is 0. The summed E-state index contributed by atoms with van der Waals surface area (Å²) in [5.74, 6) is 1.53. The molecule has 3 N–H and O–H groups in total. The highest BCUT2D eigenvalue weighted by Crippen LogP contribution is 2.29. The molecule has 1 rings (SSSR count). The van der Waals surface area contributed by atoms with Crippen LogP contribution in [0.2, 0.25) is 0 Å². The third-order valence-electron chi connectivity index (χ3n) is 3.42. The van der Waals surface area contributed by atoms with E-state index in [-0.39, 0.29) is 0 Å².